The molecule has 4 heterocycles. The highest BCUT2D eigenvalue weighted by Crippen LogP contribution is 2.65. The fraction of sp³-hybridized carbons (Fsp3) is 0.464. The van der Waals surface area contributed by atoms with Gasteiger partial charge in [0.2, 0.25) is 17.7 Å². The molecule has 0 aliphatic carbocycles. The van der Waals surface area contributed by atoms with Crippen LogP contribution in [-0.2, 0) is 25.8 Å². The first-order chi connectivity index (χ1) is 18.9. The minimum absolute atomic E-state index is 0.0333. The van der Waals surface area contributed by atoms with E-state index in [1.54, 1.807) is 11.7 Å². The van der Waals surface area contributed by atoms with Crippen LogP contribution < -0.4 is 10.6 Å². The monoisotopic (exact) mass is 532 g/mol. The number of nitrogens with zero attached hydrogens (tertiary/aromatic N) is 4. The third kappa shape index (κ3) is 3.60. The highest BCUT2D eigenvalue weighted by Gasteiger charge is 2.79. The van der Waals surface area contributed by atoms with Gasteiger partial charge in [0, 0.05) is 7.05 Å². The number of carbonyl (C=O) groups is 3. The second kappa shape index (κ2) is 9.42. The van der Waals surface area contributed by atoms with Crippen LogP contribution in [0.15, 0.2) is 54.6 Å². The normalized spacial score (nSPS) is 30.0. The summed E-state index contributed by atoms with van der Waals surface area (Å²) in [5.74, 6) is -2.63. The molecule has 3 fully saturated rings. The number of hydrogen-bond donors (Lipinski definition) is 3. The average Bonchev–Trinajstić information content (AvgIpc) is 3.70. The summed E-state index contributed by atoms with van der Waals surface area (Å²) in [5, 5.41) is 24.5. The molecule has 2 unspecified atom stereocenters. The fourth-order valence-electron chi connectivity index (χ4n) is 7.16. The number of amides is 3. The Morgan fingerprint density at radius 1 is 1.13 bits per heavy atom. The minimum Gasteiger partial charge on any atom is -0.394 e. The van der Waals surface area contributed by atoms with Crippen molar-refractivity contribution in [2.45, 2.75) is 56.1 Å². The van der Waals surface area contributed by atoms with E-state index in [0.29, 0.717) is 30.3 Å². The van der Waals surface area contributed by atoms with Crippen molar-refractivity contribution in [3.63, 3.8) is 0 Å². The summed E-state index contributed by atoms with van der Waals surface area (Å²) in [6, 6.07) is 14.7. The summed E-state index contributed by atoms with van der Waals surface area (Å²) in [6.07, 6.45) is 1.56. The molecular formula is C28H32N6O5. The molecule has 0 saturated carbocycles. The highest BCUT2D eigenvalue weighted by atomic mass is 16.5. The molecule has 3 aliphatic heterocycles. The van der Waals surface area contributed by atoms with Gasteiger partial charge in [-0.15, -0.1) is 5.10 Å². The van der Waals surface area contributed by atoms with Gasteiger partial charge in [-0.05, 0) is 37.0 Å². The zero-order chi connectivity index (χ0) is 27.4. The summed E-state index contributed by atoms with van der Waals surface area (Å²) in [7, 11) is 1.55. The van der Waals surface area contributed by atoms with Crippen molar-refractivity contribution in [3.8, 4) is 0 Å². The van der Waals surface area contributed by atoms with Crippen LogP contribution in [-0.4, -0.2) is 73.6 Å². The average molecular weight is 533 g/mol. The molecule has 1 spiro atoms. The van der Waals surface area contributed by atoms with Gasteiger partial charge in [-0.25, -0.2) is 4.68 Å². The second-order valence-electron chi connectivity index (χ2n) is 10.6. The van der Waals surface area contributed by atoms with Crippen LogP contribution >= 0.6 is 0 Å². The smallest absolute Gasteiger partial charge is 0.247 e. The van der Waals surface area contributed by atoms with Crippen molar-refractivity contribution < 1.29 is 24.2 Å². The van der Waals surface area contributed by atoms with E-state index in [2.05, 4.69) is 20.9 Å². The Hall–Kier alpha value is -3.83. The van der Waals surface area contributed by atoms with E-state index in [1.807, 2.05) is 61.5 Å². The first kappa shape index (κ1) is 25.4. The Kier molecular flexibility index (Phi) is 6.15. The van der Waals surface area contributed by atoms with Gasteiger partial charge in [0.05, 0.1) is 35.6 Å². The van der Waals surface area contributed by atoms with Gasteiger partial charge < -0.3 is 25.4 Å². The van der Waals surface area contributed by atoms with Crippen molar-refractivity contribution in [1.82, 2.24) is 30.5 Å². The molecule has 204 valence electrons. The van der Waals surface area contributed by atoms with Crippen molar-refractivity contribution >= 4 is 28.8 Å². The Balaban J connectivity index is 1.41. The lowest BCUT2D eigenvalue weighted by Crippen LogP contribution is -2.56. The molecule has 39 heavy (non-hydrogen) atoms. The number of aromatic nitrogens is 3. The highest BCUT2D eigenvalue weighted by molar-refractivity contribution is 5.99. The van der Waals surface area contributed by atoms with Gasteiger partial charge in [0.15, 0.2) is 0 Å². The van der Waals surface area contributed by atoms with Gasteiger partial charge in [0.25, 0.3) is 0 Å². The largest absolute Gasteiger partial charge is 0.394 e. The van der Waals surface area contributed by atoms with Crippen molar-refractivity contribution in [3.05, 3.63) is 60.2 Å². The first-order valence-corrected chi connectivity index (χ1v) is 13.4. The molecule has 6 atom stereocenters. The van der Waals surface area contributed by atoms with Crippen LogP contribution in [0.1, 0.15) is 37.8 Å². The van der Waals surface area contributed by atoms with Gasteiger partial charge in [-0.1, -0.05) is 54.6 Å². The van der Waals surface area contributed by atoms with Gasteiger partial charge in [-0.2, -0.15) is 0 Å². The lowest BCUT2D eigenvalue weighted by Gasteiger charge is -2.37. The van der Waals surface area contributed by atoms with E-state index in [4.69, 9.17) is 4.74 Å². The van der Waals surface area contributed by atoms with E-state index in [9.17, 15) is 19.5 Å². The number of fused-ring (bicyclic) bond motifs is 2. The van der Waals surface area contributed by atoms with Crippen LogP contribution in [0, 0.1) is 11.8 Å². The Bertz CT molecular complexity index is 1430. The van der Waals surface area contributed by atoms with Crippen molar-refractivity contribution in [2.24, 2.45) is 11.8 Å². The van der Waals surface area contributed by atoms with Crippen molar-refractivity contribution in [2.75, 3.05) is 13.7 Å². The number of aliphatic hydroxyl groups excluding tert-OH is 1. The maximum Gasteiger partial charge on any atom is 0.247 e. The molecule has 3 N–H and O–H groups in total. The topological polar surface area (TPSA) is 139 Å². The van der Waals surface area contributed by atoms with Gasteiger partial charge >= 0.3 is 0 Å². The number of hydrogen-bond acceptors (Lipinski definition) is 7. The van der Waals surface area contributed by atoms with Crippen LogP contribution in [0.3, 0.4) is 0 Å². The SMILES string of the molecule is CC[C@@]12CCC3(O1)C(C(=O)NCn1nnc4ccccc41)N([C@H](CO)c1ccccc1)C(=O)[C@@H]3[C@@H]2C(=O)NC. The van der Waals surface area contributed by atoms with Gasteiger partial charge in [0.1, 0.15) is 23.8 Å². The summed E-state index contributed by atoms with van der Waals surface area (Å²) in [5.41, 5.74) is 0.133. The predicted octanol–water partition coefficient (Wildman–Crippen LogP) is 1.14. The summed E-state index contributed by atoms with van der Waals surface area (Å²) < 4.78 is 8.31. The molecule has 3 amide bonds. The molecule has 0 radical (unpaired) electrons. The molecule has 3 aliphatic rings. The maximum absolute atomic E-state index is 14.3. The molecular weight excluding hydrogens is 500 g/mol. The van der Waals surface area contributed by atoms with Crippen LogP contribution in [0.2, 0.25) is 0 Å². The standard InChI is InChI=1S/C28H32N6O5/c1-3-27-13-14-28(39-27)22(21(27)24(36)29-2)26(38)34(20(15-35)17-9-5-4-6-10-17)23(28)25(37)30-16-33-19-12-8-7-11-18(19)31-32-33/h4-12,20-23,35H,3,13-16H2,1-2H3,(H,29,36)(H,30,37)/t20-,21-,22+,23?,27+,28?/m1/s1. The Labute approximate surface area is 225 Å². The number of rotatable bonds is 8. The molecule has 11 nitrogen and oxygen atoms in total. The van der Waals surface area contributed by atoms with Crippen LogP contribution in [0.25, 0.3) is 11.0 Å². The third-order valence-electron chi connectivity index (χ3n) is 8.91. The van der Waals surface area contributed by atoms with E-state index in [0.717, 1.165) is 5.52 Å². The van der Waals surface area contributed by atoms with E-state index < -0.39 is 41.0 Å². The quantitative estimate of drug-likeness (QED) is 0.395. The Morgan fingerprint density at radius 2 is 1.87 bits per heavy atom. The first-order valence-electron chi connectivity index (χ1n) is 13.4. The number of aliphatic hydroxyl groups is 1. The number of ether oxygens (including phenoxy) is 1. The van der Waals surface area contributed by atoms with E-state index >= 15 is 0 Å². The summed E-state index contributed by atoms with van der Waals surface area (Å²) in [4.78, 5) is 43.1. The van der Waals surface area contributed by atoms with Crippen LogP contribution in [0.5, 0.6) is 0 Å². The number of likely N-dealkylation sites (tertiary alicyclic amines) is 1. The third-order valence-corrected chi connectivity index (χ3v) is 8.91. The molecule has 1 aromatic heterocycles. The molecule has 3 saturated heterocycles. The number of para-hydroxylation sites is 1. The maximum atomic E-state index is 14.3. The molecule has 2 aromatic carbocycles. The summed E-state index contributed by atoms with van der Waals surface area (Å²) >= 11 is 0. The second-order valence-corrected chi connectivity index (χ2v) is 10.6. The molecule has 11 heteroatoms. The van der Waals surface area contributed by atoms with Crippen molar-refractivity contribution in [1.29, 1.82) is 0 Å². The van der Waals surface area contributed by atoms with E-state index in [1.165, 1.54) is 4.90 Å². The number of nitrogens with one attached hydrogen (secondary N) is 2. The molecule has 3 aromatic rings. The predicted molar refractivity (Wildman–Crippen MR) is 140 cm³/mol. The minimum atomic E-state index is -1.19. The fourth-order valence-corrected chi connectivity index (χ4v) is 7.16. The van der Waals surface area contributed by atoms with Crippen LogP contribution in [0.4, 0.5) is 0 Å². The number of benzene rings is 2. The zero-order valence-corrected chi connectivity index (χ0v) is 21.9. The zero-order valence-electron chi connectivity index (χ0n) is 21.9. The van der Waals surface area contributed by atoms with Gasteiger partial charge in [-0.3, -0.25) is 14.4 Å². The van der Waals surface area contributed by atoms with E-state index in [-0.39, 0.29) is 25.1 Å². The summed E-state index contributed by atoms with van der Waals surface area (Å²) in [6.45, 7) is 1.59. The Morgan fingerprint density at radius 3 is 2.59 bits per heavy atom. The number of carbonyl (C=O) groups excluding carboxylic acids is 3. The lowest BCUT2D eigenvalue weighted by atomic mass is 9.65. The molecule has 6 rings (SSSR count). The molecule has 2 bridgehead atoms. The lowest BCUT2D eigenvalue weighted by molar-refractivity contribution is -0.151.